The molecule has 1 heterocycles. The molecule has 1 aliphatic rings. The van der Waals surface area contributed by atoms with E-state index in [1.165, 1.54) is 0 Å². The van der Waals surface area contributed by atoms with E-state index in [0.29, 0.717) is 24.5 Å². The fraction of sp³-hybridized carbons (Fsp3) is 0.429. The Morgan fingerprint density at radius 3 is 2.58 bits per heavy atom. The third-order valence-corrected chi connectivity index (χ3v) is 3.45. The van der Waals surface area contributed by atoms with Crippen LogP contribution >= 0.6 is 11.6 Å². The maximum atomic E-state index is 12.1. The second-order valence-corrected chi connectivity index (χ2v) is 4.79. The summed E-state index contributed by atoms with van der Waals surface area (Å²) in [6.07, 6.45) is 0.0160. The Morgan fingerprint density at radius 1 is 1.37 bits per heavy atom. The highest BCUT2D eigenvalue weighted by Gasteiger charge is 2.31. The van der Waals surface area contributed by atoms with Gasteiger partial charge in [0.15, 0.2) is 0 Å². The topological polar surface area (TPSA) is 41.9 Å². The van der Waals surface area contributed by atoms with Crippen LogP contribution in [0.15, 0.2) is 29.4 Å². The zero-order valence-corrected chi connectivity index (χ0v) is 11.9. The van der Waals surface area contributed by atoms with E-state index in [9.17, 15) is 4.79 Å². The lowest BCUT2D eigenvalue weighted by Gasteiger charge is -2.20. The maximum Gasteiger partial charge on any atom is 0.266 e. The van der Waals surface area contributed by atoms with Gasteiger partial charge in [0.1, 0.15) is 0 Å². The monoisotopic (exact) mass is 280 g/mol. The fourth-order valence-electron chi connectivity index (χ4n) is 2.06. The number of carbonyl (C=O) groups excluding carboxylic acids is 1. The van der Waals surface area contributed by atoms with Gasteiger partial charge in [-0.05, 0) is 31.5 Å². The molecule has 2 rings (SSSR count). The third-order valence-electron chi connectivity index (χ3n) is 3.20. The van der Waals surface area contributed by atoms with Crippen LogP contribution in [0.5, 0.6) is 0 Å². The van der Waals surface area contributed by atoms with Gasteiger partial charge in [-0.25, -0.2) is 0 Å². The molecule has 1 aromatic rings. The molecule has 0 saturated carbocycles. The van der Waals surface area contributed by atoms with Crippen LogP contribution in [-0.2, 0) is 9.63 Å². The van der Waals surface area contributed by atoms with Gasteiger partial charge >= 0.3 is 0 Å². The van der Waals surface area contributed by atoms with Crippen LogP contribution < -0.4 is 0 Å². The van der Waals surface area contributed by atoms with Gasteiger partial charge in [-0.15, -0.1) is 0 Å². The van der Waals surface area contributed by atoms with Crippen LogP contribution in [0.3, 0.4) is 0 Å². The van der Waals surface area contributed by atoms with Crippen molar-refractivity contribution in [1.82, 2.24) is 4.90 Å². The van der Waals surface area contributed by atoms with Crippen molar-refractivity contribution in [2.75, 3.05) is 13.1 Å². The molecule has 0 spiro atoms. The molecule has 1 aromatic carbocycles. The number of halogens is 1. The molecular formula is C14H17ClN2O2. The summed E-state index contributed by atoms with van der Waals surface area (Å²) in [6.45, 7) is 5.28. The van der Waals surface area contributed by atoms with Crippen LogP contribution in [0, 0.1) is 0 Å². The van der Waals surface area contributed by atoms with E-state index in [2.05, 4.69) is 5.16 Å². The zero-order valence-electron chi connectivity index (χ0n) is 11.1. The smallest absolute Gasteiger partial charge is 0.266 e. The summed E-state index contributed by atoms with van der Waals surface area (Å²) < 4.78 is 0. The lowest BCUT2D eigenvalue weighted by molar-refractivity contribution is -0.141. The zero-order chi connectivity index (χ0) is 13.8. The molecule has 0 unspecified atom stereocenters. The summed E-state index contributed by atoms with van der Waals surface area (Å²) in [5.74, 6) is -0.00212. The predicted molar refractivity (Wildman–Crippen MR) is 75.4 cm³/mol. The summed E-state index contributed by atoms with van der Waals surface area (Å²) in [4.78, 5) is 19.2. The average molecular weight is 281 g/mol. The van der Waals surface area contributed by atoms with Crippen LogP contribution in [-0.4, -0.2) is 35.7 Å². The van der Waals surface area contributed by atoms with Gasteiger partial charge in [0.2, 0.25) is 6.10 Å². The third kappa shape index (κ3) is 3.07. The van der Waals surface area contributed by atoms with Crippen molar-refractivity contribution in [2.24, 2.45) is 5.16 Å². The van der Waals surface area contributed by atoms with Crippen molar-refractivity contribution in [3.05, 3.63) is 34.9 Å². The Balaban J connectivity index is 2.03. The Hall–Kier alpha value is -1.55. The van der Waals surface area contributed by atoms with Gasteiger partial charge in [-0.2, -0.15) is 0 Å². The summed E-state index contributed by atoms with van der Waals surface area (Å²) >= 11 is 5.84. The SMILES string of the molecule is CCN(CC)C(=O)[C@H]1CC(c2ccc(Cl)cc2)=NO1. The van der Waals surface area contributed by atoms with E-state index >= 15 is 0 Å². The molecule has 102 valence electrons. The number of carbonyl (C=O) groups is 1. The van der Waals surface area contributed by atoms with Crippen molar-refractivity contribution >= 4 is 23.2 Å². The Labute approximate surface area is 118 Å². The Morgan fingerprint density at radius 2 is 2.00 bits per heavy atom. The molecule has 0 aromatic heterocycles. The van der Waals surface area contributed by atoms with E-state index in [1.54, 1.807) is 17.0 Å². The predicted octanol–water partition coefficient (Wildman–Crippen LogP) is 2.70. The van der Waals surface area contributed by atoms with Crippen molar-refractivity contribution in [3.8, 4) is 0 Å². The van der Waals surface area contributed by atoms with E-state index in [1.807, 2.05) is 26.0 Å². The molecule has 0 N–H and O–H groups in total. The quantitative estimate of drug-likeness (QED) is 0.851. The van der Waals surface area contributed by atoms with Gasteiger partial charge in [0.25, 0.3) is 5.91 Å². The normalized spacial score (nSPS) is 17.8. The number of oxime groups is 1. The number of amides is 1. The first kappa shape index (κ1) is 13.9. The minimum Gasteiger partial charge on any atom is -0.382 e. The summed E-state index contributed by atoms with van der Waals surface area (Å²) in [6, 6.07) is 7.38. The Bertz CT molecular complexity index is 481. The van der Waals surface area contributed by atoms with Gasteiger partial charge in [-0.1, -0.05) is 28.9 Å². The number of likely N-dealkylation sites (N-methyl/N-ethyl adjacent to an activating group) is 1. The summed E-state index contributed by atoms with van der Waals surface area (Å²) in [7, 11) is 0. The molecule has 19 heavy (non-hydrogen) atoms. The van der Waals surface area contributed by atoms with E-state index in [0.717, 1.165) is 11.3 Å². The van der Waals surface area contributed by atoms with E-state index in [-0.39, 0.29) is 5.91 Å². The number of hydrogen-bond acceptors (Lipinski definition) is 3. The molecule has 1 amide bonds. The average Bonchev–Trinajstić information content (AvgIpc) is 2.90. The molecule has 0 bridgehead atoms. The molecule has 4 nitrogen and oxygen atoms in total. The number of hydrogen-bond donors (Lipinski definition) is 0. The van der Waals surface area contributed by atoms with Crippen LogP contribution in [0.1, 0.15) is 25.8 Å². The van der Waals surface area contributed by atoms with Crippen molar-refractivity contribution in [3.63, 3.8) is 0 Å². The maximum absolute atomic E-state index is 12.1. The molecule has 0 aliphatic carbocycles. The van der Waals surface area contributed by atoms with Crippen LogP contribution in [0.4, 0.5) is 0 Å². The van der Waals surface area contributed by atoms with Crippen LogP contribution in [0.25, 0.3) is 0 Å². The van der Waals surface area contributed by atoms with Gasteiger partial charge < -0.3 is 9.74 Å². The highest BCUT2D eigenvalue weighted by molar-refractivity contribution is 6.30. The standard InChI is InChI=1S/C14H17ClN2O2/c1-3-17(4-2)14(18)13-9-12(16-19-13)10-5-7-11(15)8-6-10/h5-8,13H,3-4,9H2,1-2H3/t13-/m1/s1. The molecule has 0 radical (unpaired) electrons. The second-order valence-electron chi connectivity index (χ2n) is 4.35. The molecule has 0 fully saturated rings. The molecule has 5 heteroatoms. The molecule has 1 atom stereocenters. The highest BCUT2D eigenvalue weighted by Crippen LogP contribution is 2.19. The number of nitrogens with zero attached hydrogens (tertiary/aromatic N) is 2. The number of benzene rings is 1. The lowest BCUT2D eigenvalue weighted by Crippen LogP contribution is -2.39. The molecular weight excluding hydrogens is 264 g/mol. The first-order valence-corrected chi connectivity index (χ1v) is 6.81. The minimum absolute atomic E-state index is 0.00212. The van der Waals surface area contributed by atoms with Gasteiger partial charge in [0.05, 0.1) is 5.71 Å². The van der Waals surface area contributed by atoms with Crippen molar-refractivity contribution in [1.29, 1.82) is 0 Å². The first-order chi connectivity index (χ1) is 9.15. The molecule has 1 aliphatic heterocycles. The largest absolute Gasteiger partial charge is 0.382 e. The van der Waals surface area contributed by atoms with Crippen molar-refractivity contribution < 1.29 is 9.63 Å². The van der Waals surface area contributed by atoms with E-state index in [4.69, 9.17) is 16.4 Å². The summed E-state index contributed by atoms with van der Waals surface area (Å²) in [5, 5.41) is 4.69. The van der Waals surface area contributed by atoms with Gasteiger partial charge in [-0.3, -0.25) is 4.79 Å². The fourth-order valence-corrected chi connectivity index (χ4v) is 2.19. The van der Waals surface area contributed by atoms with Crippen molar-refractivity contribution in [2.45, 2.75) is 26.4 Å². The highest BCUT2D eigenvalue weighted by atomic mass is 35.5. The summed E-state index contributed by atoms with van der Waals surface area (Å²) in [5.41, 5.74) is 1.74. The Kier molecular flexibility index (Phi) is 4.43. The second kappa shape index (κ2) is 6.06. The first-order valence-electron chi connectivity index (χ1n) is 6.43. The van der Waals surface area contributed by atoms with Crippen LogP contribution in [0.2, 0.25) is 5.02 Å². The van der Waals surface area contributed by atoms with E-state index < -0.39 is 6.10 Å². The minimum atomic E-state index is -0.495. The molecule has 0 saturated heterocycles. The lowest BCUT2D eigenvalue weighted by atomic mass is 10.0. The van der Waals surface area contributed by atoms with Gasteiger partial charge in [0, 0.05) is 24.5 Å². The number of rotatable bonds is 4.